The monoisotopic (exact) mass is 302 g/mol. The molecular weight excluding hydrogens is 284 g/mol. The van der Waals surface area contributed by atoms with Crippen LogP contribution in [0.2, 0.25) is 0 Å². The van der Waals surface area contributed by atoms with Crippen LogP contribution in [-0.2, 0) is 0 Å². The van der Waals surface area contributed by atoms with Gasteiger partial charge in [0, 0.05) is 15.8 Å². The zero-order valence-electron chi connectivity index (χ0n) is 12.6. The molecule has 4 rings (SSSR count). The van der Waals surface area contributed by atoms with Crippen molar-refractivity contribution < 1.29 is 0 Å². The Balaban J connectivity index is 1.95. The highest BCUT2D eigenvalue weighted by atomic mass is 28.1. The Kier molecular flexibility index (Phi) is 3.28. The maximum Gasteiger partial charge on any atom is 0.141 e. The average molecular weight is 302 g/mol. The van der Waals surface area contributed by atoms with E-state index in [-0.39, 0.29) is 0 Å². The summed E-state index contributed by atoms with van der Waals surface area (Å²) in [6.07, 6.45) is 9.75. The fourth-order valence-corrected chi connectivity index (χ4v) is 3.38. The molecule has 0 aliphatic heterocycles. The molecule has 108 valence electrons. The molecule has 1 unspecified atom stereocenters. The number of rotatable bonds is 2. The minimum atomic E-state index is 0.336. The molecule has 0 saturated heterocycles. The van der Waals surface area contributed by atoms with E-state index in [4.69, 9.17) is 4.98 Å². The Labute approximate surface area is 133 Å². The fraction of sp³-hybridized carbons (Fsp3) is 0.105. The standard InChI is InChI=1S/C19H18N2Si/c22-16-12-10-14(11-13-16)19-20-17-8-4-5-9-18(17)21(19)15-6-2-1-3-7-15/h1-6,8-13,15H,7H2,22H3. The number of aromatic nitrogens is 2. The van der Waals surface area contributed by atoms with E-state index in [1.54, 1.807) is 0 Å². The molecule has 1 aliphatic rings. The molecule has 22 heavy (non-hydrogen) atoms. The lowest BCUT2D eigenvalue weighted by Crippen LogP contribution is -2.09. The zero-order chi connectivity index (χ0) is 14.9. The molecule has 0 N–H and O–H groups in total. The quantitative estimate of drug-likeness (QED) is 0.666. The van der Waals surface area contributed by atoms with Crippen LogP contribution in [0.5, 0.6) is 0 Å². The third kappa shape index (κ3) is 2.24. The zero-order valence-corrected chi connectivity index (χ0v) is 14.6. The summed E-state index contributed by atoms with van der Waals surface area (Å²) >= 11 is 0. The highest BCUT2D eigenvalue weighted by molar-refractivity contribution is 6.32. The molecule has 3 heteroatoms. The Hall–Kier alpha value is -2.39. The van der Waals surface area contributed by atoms with Gasteiger partial charge in [0.05, 0.1) is 17.1 Å². The van der Waals surface area contributed by atoms with Crippen molar-refractivity contribution in [3.05, 3.63) is 72.8 Å². The molecule has 1 heterocycles. The molecule has 3 aromatic rings. The Morgan fingerprint density at radius 3 is 2.59 bits per heavy atom. The summed E-state index contributed by atoms with van der Waals surface area (Å²) < 4.78 is 2.37. The van der Waals surface area contributed by atoms with Crippen molar-refractivity contribution >= 4 is 26.5 Å². The Bertz CT molecular complexity index is 872. The minimum absolute atomic E-state index is 0.336. The van der Waals surface area contributed by atoms with E-state index in [1.165, 1.54) is 16.3 Å². The number of hydrogen-bond acceptors (Lipinski definition) is 1. The third-order valence-electron chi connectivity index (χ3n) is 4.20. The summed E-state index contributed by atoms with van der Waals surface area (Å²) in [6.45, 7) is 0. The van der Waals surface area contributed by atoms with Crippen molar-refractivity contribution in [3.63, 3.8) is 0 Å². The van der Waals surface area contributed by atoms with Gasteiger partial charge in [-0.05, 0) is 18.6 Å². The van der Waals surface area contributed by atoms with Gasteiger partial charge in [0.25, 0.3) is 0 Å². The largest absolute Gasteiger partial charge is 0.317 e. The highest BCUT2D eigenvalue weighted by Crippen LogP contribution is 2.31. The second-order valence-corrected chi connectivity index (χ2v) is 6.93. The molecule has 0 bridgehead atoms. The van der Waals surface area contributed by atoms with Crippen molar-refractivity contribution in [1.82, 2.24) is 9.55 Å². The van der Waals surface area contributed by atoms with Crippen LogP contribution in [0, 0.1) is 0 Å². The van der Waals surface area contributed by atoms with Gasteiger partial charge in [0.2, 0.25) is 0 Å². The Morgan fingerprint density at radius 1 is 1.00 bits per heavy atom. The molecule has 0 saturated carbocycles. The van der Waals surface area contributed by atoms with Crippen molar-refractivity contribution in [2.45, 2.75) is 12.5 Å². The first kappa shape index (κ1) is 13.3. The van der Waals surface area contributed by atoms with Crippen LogP contribution in [0.3, 0.4) is 0 Å². The van der Waals surface area contributed by atoms with E-state index < -0.39 is 0 Å². The second kappa shape index (κ2) is 5.43. The number of para-hydroxylation sites is 2. The van der Waals surface area contributed by atoms with Crippen LogP contribution < -0.4 is 5.19 Å². The average Bonchev–Trinajstić information content (AvgIpc) is 2.96. The summed E-state index contributed by atoms with van der Waals surface area (Å²) in [5.41, 5.74) is 3.46. The fourth-order valence-electron chi connectivity index (χ4n) is 3.05. The molecule has 0 radical (unpaired) electrons. The van der Waals surface area contributed by atoms with Crippen LogP contribution in [0.4, 0.5) is 0 Å². The van der Waals surface area contributed by atoms with Gasteiger partial charge in [-0.25, -0.2) is 4.98 Å². The predicted octanol–water partition coefficient (Wildman–Crippen LogP) is 2.75. The molecule has 1 aromatic heterocycles. The lowest BCUT2D eigenvalue weighted by molar-refractivity contribution is 0.631. The number of hydrogen-bond donors (Lipinski definition) is 0. The van der Waals surface area contributed by atoms with Crippen LogP contribution in [-0.4, -0.2) is 19.8 Å². The van der Waals surface area contributed by atoms with Gasteiger partial charge in [0.1, 0.15) is 5.82 Å². The number of benzene rings is 2. The number of nitrogens with zero attached hydrogens (tertiary/aromatic N) is 2. The van der Waals surface area contributed by atoms with Gasteiger partial charge in [-0.2, -0.15) is 0 Å². The van der Waals surface area contributed by atoms with Gasteiger partial charge in [-0.1, -0.05) is 65.9 Å². The van der Waals surface area contributed by atoms with E-state index in [0.29, 0.717) is 6.04 Å². The lowest BCUT2D eigenvalue weighted by Gasteiger charge is -2.19. The van der Waals surface area contributed by atoms with Gasteiger partial charge in [-0.15, -0.1) is 0 Å². The predicted molar refractivity (Wildman–Crippen MR) is 96.7 cm³/mol. The maximum absolute atomic E-state index is 4.90. The second-order valence-electron chi connectivity index (χ2n) is 5.78. The normalized spacial score (nSPS) is 17.4. The molecule has 0 fully saturated rings. The van der Waals surface area contributed by atoms with E-state index in [1.807, 2.05) is 0 Å². The Morgan fingerprint density at radius 2 is 1.82 bits per heavy atom. The van der Waals surface area contributed by atoms with E-state index >= 15 is 0 Å². The highest BCUT2D eigenvalue weighted by Gasteiger charge is 2.18. The summed E-state index contributed by atoms with van der Waals surface area (Å²) in [7, 11) is 1.08. The maximum atomic E-state index is 4.90. The molecule has 2 aromatic carbocycles. The number of imidazole rings is 1. The van der Waals surface area contributed by atoms with E-state index in [0.717, 1.165) is 28.0 Å². The molecule has 0 amide bonds. The van der Waals surface area contributed by atoms with Crippen LogP contribution in [0.15, 0.2) is 72.8 Å². The SMILES string of the molecule is [SiH3]c1ccc(-c2nc3ccccc3n2C2C=CC=CC2)cc1. The first-order valence-corrected chi connectivity index (χ1v) is 8.70. The number of allylic oxidation sites excluding steroid dienone is 4. The summed E-state index contributed by atoms with van der Waals surface area (Å²) in [5.74, 6) is 1.06. The molecule has 0 spiro atoms. The van der Waals surface area contributed by atoms with Crippen molar-refractivity contribution in [2.75, 3.05) is 0 Å². The van der Waals surface area contributed by atoms with E-state index in [2.05, 4.69) is 77.4 Å². The van der Waals surface area contributed by atoms with Crippen molar-refractivity contribution in [2.24, 2.45) is 0 Å². The third-order valence-corrected chi connectivity index (χ3v) is 4.86. The molecule has 2 nitrogen and oxygen atoms in total. The van der Waals surface area contributed by atoms with Crippen LogP contribution in [0.25, 0.3) is 22.4 Å². The van der Waals surface area contributed by atoms with Gasteiger partial charge >= 0.3 is 0 Å². The summed E-state index contributed by atoms with van der Waals surface area (Å²) in [4.78, 5) is 4.90. The molecule has 1 aliphatic carbocycles. The van der Waals surface area contributed by atoms with E-state index in [9.17, 15) is 0 Å². The minimum Gasteiger partial charge on any atom is -0.317 e. The molecule has 1 atom stereocenters. The lowest BCUT2D eigenvalue weighted by atomic mass is 10.1. The first-order valence-electron chi connectivity index (χ1n) is 7.70. The van der Waals surface area contributed by atoms with Gasteiger partial charge in [-0.3, -0.25) is 0 Å². The van der Waals surface area contributed by atoms with Crippen LogP contribution >= 0.6 is 0 Å². The smallest absolute Gasteiger partial charge is 0.141 e. The molecular formula is C19H18N2Si. The van der Waals surface area contributed by atoms with Crippen LogP contribution in [0.1, 0.15) is 12.5 Å². The van der Waals surface area contributed by atoms with Crippen molar-refractivity contribution in [1.29, 1.82) is 0 Å². The first-order chi connectivity index (χ1) is 10.8. The summed E-state index contributed by atoms with van der Waals surface area (Å²) in [5, 5.41) is 1.41. The number of fused-ring (bicyclic) bond motifs is 1. The summed E-state index contributed by atoms with van der Waals surface area (Å²) in [6, 6.07) is 17.6. The van der Waals surface area contributed by atoms with Crippen molar-refractivity contribution in [3.8, 4) is 11.4 Å². The van der Waals surface area contributed by atoms with Gasteiger partial charge in [0.15, 0.2) is 0 Å². The van der Waals surface area contributed by atoms with Gasteiger partial charge < -0.3 is 4.57 Å². The topological polar surface area (TPSA) is 17.8 Å².